The average molecular weight is 303 g/mol. The van der Waals surface area contributed by atoms with Crippen molar-refractivity contribution in [1.82, 2.24) is 0 Å². The van der Waals surface area contributed by atoms with E-state index in [1.54, 1.807) is 13.8 Å². The number of hydrogen-bond donors (Lipinski definition) is 3. The zero-order chi connectivity index (χ0) is 16.2. The molecule has 0 bridgehead atoms. The summed E-state index contributed by atoms with van der Waals surface area (Å²) in [4.78, 5) is 12.3. The van der Waals surface area contributed by atoms with Crippen LogP contribution < -0.4 is 11.1 Å². The zero-order valence-corrected chi connectivity index (χ0v) is 11.6. The molecule has 1 amide bonds. The number of hydrogen-bond acceptors (Lipinski definition) is 3. The van der Waals surface area contributed by atoms with E-state index in [1.165, 1.54) is 0 Å². The summed E-state index contributed by atoms with van der Waals surface area (Å²) < 4.78 is 39.1. The van der Waals surface area contributed by atoms with Gasteiger partial charge in [0.05, 0.1) is 0 Å². The van der Waals surface area contributed by atoms with Gasteiger partial charge in [-0.05, 0) is 12.8 Å². The van der Waals surface area contributed by atoms with E-state index in [9.17, 15) is 18.0 Å². The highest BCUT2D eigenvalue weighted by molar-refractivity contribution is 6.11. The van der Waals surface area contributed by atoms with Crippen LogP contribution in [0.5, 0.6) is 0 Å². The number of carbonyl (C=O) groups is 1. The normalized spacial score (nSPS) is 12.3. The molecule has 0 saturated carbocycles. The number of anilines is 1. The van der Waals surface area contributed by atoms with Crippen LogP contribution in [0.3, 0.4) is 0 Å². The van der Waals surface area contributed by atoms with Crippen LogP contribution in [0, 0.1) is 22.9 Å². The monoisotopic (exact) mass is 303 g/mol. The van der Waals surface area contributed by atoms with Gasteiger partial charge in [0.25, 0.3) is 0 Å². The van der Waals surface area contributed by atoms with Gasteiger partial charge in [-0.1, -0.05) is 19.0 Å². The molecule has 0 atom stereocenters. The minimum Gasteiger partial charge on any atom is -0.409 e. The lowest BCUT2D eigenvalue weighted by molar-refractivity contribution is -0.122. The number of benzene rings is 1. The number of carbonyl (C=O) groups excluding carboxylic acids is 1. The van der Waals surface area contributed by atoms with Gasteiger partial charge >= 0.3 is 0 Å². The lowest BCUT2D eigenvalue weighted by Crippen LogP contribution is -2.46. The molecule has 1 aromatic carbocycles. The highest BCUT2D eigenvalue weighted by Crippen LogP contribution is 2.29. The van der Waals surface area contributed by atoms with Gasteiger partial charge in [0.2, 0.25) is 5.91 Å². The van der Waals surface area contributed by atoms with Crippen molar-refractivity contribution in [3.63, 3.8) is 0 Å². The molecule has 5 nitrogen and oxygen atoms in total. The summed E-state index contributed by atoms with van der Waals surface area (Å²) in [6.45, 7) is 3.29. The average Bonchev–Trinajstić information content (AvgIpc) is 2.46. The summed E-state index contributed by atoms with van der Waals surface area (Å²) >= 11 is 0. The molecule has 0 aliphatic carbocycles. The maximum Gasteiger partial charge on any atom is 0.238 e. The van der Waals surface area contributed by atoms with Crippen LogP contribution in [0.1, 0.15) is 26.7 Å². The molecule has 0 spiro atoms. The van der Waals surface area contributed by atoms with E-state index in [4.69, 9.17) is 10.9 Å². The second-order valence-electron chi connectivity index (χ2n) is 4.48. The summed E-state index contributed by atoms with van der Waals surface area (Å²) in [5, 5.41) is 13.9. The van der Waals surface area contributed by atoms with Crippen molar-refractivity contribution >= 4 is 17.4 Å². The van der Waals surface area contributed by atoms with Crippen LogP contribution in [0.15, 0.2) is 17.3 Å². The number of nitrogens with two attached hydrogens (primary N) is 1. The number of halogens is 3. The highest BCUT2D eigenvalue weighted by Gasteiger charge is 2.40. The maximum atomic E-state index is 13.1. The molecule has 0 fully saturated rings. The third kappa shape index (κ3) is 3.09. The Balaban J connectivity index is 3.14. The van der Waals surface area contributed by atoms with Gasteiger partial charge in [0.1, 0.15) is 5.41 Å². The Labute approximate surface area is 119 Å². The molecule has 0 unspecified atom stereocenters. The Bertz CT molecular complexity index is 549. The highest BCUT2D eigenvalue weighted by atomic mass is 19.2. The van der Waals surface area contributed by atoms with Gasteiger partial charge in [-0.15, -0.1) is 0 Å². The molecular weight excluding hydrogens is 287 g/mol. The van der Waals surface area contributed by atoms with Gasteiger partial charge in [0.15, 0.2) is 23.3 Å². The first-order valence-corrected chi connectivity index (χ1v) is 6.26. The molecule has 0 aromatic heterocycles. The van der Waals surface area contributed by atoms with Gasteiger partial charge < -0.3 is 16.3 Å². The molecule has 1 rings (SSSR count). The van der Waals surface area contributed by atoms with Crippen LogP contribution in [-0.2, 0) is 4.79 Å². The maximum absolute atomic E-state index is 13.1. The first kappa shape index (κ1) is 16.8. The number of rotatable bonds is 5. The number of nitrogens with zero attached hydrogens (tertiary/aromatic N) is 1. The largest absolute Gasteiger partial charge is 0.409 e. The first-order chi connectivity index (χ1) is 9.82. The van der Waals surface area contributed by atoms with Crippen molar-refractivity contribution in [3.05, 3.63) is 29.6 Å². The van der Waals surface area contributed by atoms with Crippen LogP contribution in [0.4, 0.5) is 18.9 Å². The van der Waals surface area contributed by atoms with E-state index in [-0.39, 0.29) is 24.4 Å². The molecule has 1 aromatic rings. The second-order valence-corrected chi connectivity index (χ2v) is 4.48. The van der Waals surface area contributed by atoms with Gasteiger partial charge in [0, 0.05) is 17.8 Å². The molecule has 116 valence electrons. The number of amidine groups is 1. The Kier molecular flexibility index (Phi) is 5.17. The summed E-state index contributed by atoms with van der Waals surface area (Å²) in [5.41, 5.74) is 3.96. The quantitative estimate of drug-likeness (QED) is 0.257. The lowest BCUT2D eigenvalue weighted by atomic mass is 9.80. The second kappa shape index (κ2) is 6.47. The Morgan fingerprint density at radius 1 is 1.29 bits per heavy atom. The van der Waals surface area contributed by atoms with Crippen LogP contribution in [0.25, 0.3) is 0 Å². The number of nitrogens with one attached hydrogen (secondary N) is 1. The van der Waals surface area contributed by atoms with Crippen LogP contribution in [-0.4, -0.2) is 17.0 Å². The predicted molar refractivity (Wildman–Crippen MR) is 71.4 cm³/mol. The molecule has 21 heavy (non-hydrogen) atoms. The van der Waals surface area contributed by atoms with Crippen molar-refractivity contribution in [3.8, 4) is 0 Å². The summed E-state index contributed by atoms with van der Waals surface area (Å²) in [6.07, 6.45) is 0.411. The first-order valence-electron chi connectivity index (χ1n) is 6.26. The third-order valence-electron chi connectivity index (χ3n) is 3.48. The molecule has 4 N–H and O–H groups in total. The Hall–Kier alpha value is -2.25. The van der Waals surface area contributed by atoms with Gasteiger partial charge in [-0.2, -0.15) is 0 Å². The fourth-order valence-electron chi connectivity index (χ4n) is 2.02. The molecule has 0 heterocycles. The molecule has 0 saturated heterocycles. The fraction of sp³-hybridized carbons (Fsp3) is 0.385. The van der Waals surface area contributed by atoms with E-state index < -0.39 is 28.8 Å². The van der Waals surface area contributed by atoms with Gasteiger partial charge in [-0.25, -0.2) is 13.2 Å². The zero-order valence-electron chi connectivity index (χ0n) is 11.6. The summed E-state index contributed by atoms with van der Waals surface area (Å²) in [5.74, 6) is -5.48. The smallest absolute Gasteiger partial charge is 0.238 e. The Morgan fingerprint density at radius 2 is 1.76 bits per heavy atom. The number of amides is 1. The number of oxime groups is 1. The van der Waals surface area contributed by atoms with Crippen LogP contribution in [0.2, 0.25) is 0 Å². The SMILES string of the molecule is CCC(CC)(C(=O)Nc1cc(F)c(F)c(F)c1)C(N)=NO. The third-order valence-corrected chi connectivity index (χ3v) is 3.48. The summed E-state index contributed by atoms with van der Waals surface area (Å²) in [6, 6.07) is 1.30. The van der Waals surface area contributed by atoms with E-state index in [0.717, 1.165) is 0 Å². The van der Waals surface area contributed by atoms with Crippen molar-refractivity contribution in [1.29, 1.82) is 0 Å². The standard InChI is InChI=1S/C13H16F3N3O2/c1-3-13(4-2,11(17)19-21)12(20)18-7-5-8(14)10(16)9(15)6-7/h5-6,21H,3-4H2,1-2H3,(H2,17,19)(H,18,20). The minimum absolute atomic E-state index is 0.206. The van der Waals surface area contributed by atoms with Gasteiger partial charge in [-0.3, -0.25) is 4.79 Å². The molecule has 0 radical (unpaired) electrons. The van der Waals surface area contributed by atoms with Crippen LogP contribution >= 0.6 is 0 Å². The Morgan fingerprint density at radius 3 is 2.14 bits per heavy atom. The molecule has 8 heteroatoms. The van der Waals surface area contributed by atoms with Crippen molar-refractivity contribution in [2.45, 2.75) is 26.7 Å². The topological polar surface area (TPSA) is 87.7 Å². The van der Waals surface area contributed by atoms with Crippen molar-refractivity contribution in [2.75, 3.05) is 5.32 Å². The molecule has 0 aliphatic heterocycles. The van der Waals surface area contributed by atoms with E-state index in [0.29, 0.717) is 12.1 Å². The van der Waals surface area contributed by atoms with Crippen molar-refractivity contribution in [2.24, 2.45) is 16.3 Å². The summed E-state index contributed by atoms with van der Waals surface area (Å²) in [7, 11) is 0. The van der Waals surface area contributed by atoms with E-state index in [1.807, 2.05) is 0 Å². The predicted octanol–water partition coefficient (Wildman–Crippen LogP) is 2.60. The van der Waals surface area contributed by atoms with E-state index >= 15 is 0 Å². The fourth-order valence-corrected chi connectivity index (χ4v) is 2.02. The van der Waals surface area contributed by atoms with E-state index in [2.05, 4.69) is 10.5 Å². The lowest BCUT2D eigenvalue weighted by Gasteiger charge is -2.28. The van der Waals surface area contributed by atoms with Crippen molar-refractivity contribution < 1.29 is 23.2 Å². The minimum atomic E-state index is -1.62. The molecular formula is C13H16F3N3O2. The molecule has 0 aliphatic rings.